The predicted octanol–water partition coefficient (Wildman–Crippen LogP) is 11.0. The molecule has 76 heavy (non-hydrogen) atoms. The summed E-state index contributed by atoms with van der Waals surface area (Å²) in [6.45, 7) is 23.5. The summed E-state index contributed by atoms with van der Waals surface area (Å²) in [5, 5.41) is 0. The maximum Gasteiger partial charge on any atom is 0.137 e. The number of rotatable bonds is 13. The molecule has 2 saturated heterocycles. The number of nitrogens with zero attached hydrogens (tertiary/aromatic N) is 12. The van der Waals surface area contributed by atoms with Crippen LogP contribution in [0.15, 0.2) is 121 Å². The highest BCUT2D eigenvalue weighted by atomic mass is 79.9. The van der Waals surface area contributed by atoms with Gasteiger partial charge < -0.3 is 34.5 Å². The summed E-state index contributed by atoms with van der Waals surface area (Å²) in [5.74, 6) is 2.63. The minimum Gasteiger partial charge on any atom is -0.384 e. The SMILES string of the molecule is C.Cc1cc(CCc2cncc(Br)c2)nc(-n2c(C)ccc2C)c1.Cc1cc(CCc2cncc(N3CCN(C)CC3)c2)nc(-n2c(C)ccc2C)c1.Cc1cc(N)nc(CCc2cncc(N3CCN(C)CC3)c2)c1. The molecule has 2 aliphatic rings. The summed E-state index contributed by atoms with van der Waals surface area (Å²) in [6, 6.07) is 27.9. The Balaban J connectivity index is 0.000000166. The fourth-order valence-electron chi connectivity index (χ4n) is 9.99. The molecular weight excluding hydrogens is 1010 g/mol. The summed E-state index contributed by atoms with van der Waals surface area (Å²) in [4.78, 5) is 37.0. The lowest BCUT2D eigenvalue weighted by Gasteiger charge is -2.34. The topological polar surface area (TPSA) is 126 Å². The fourth-order valence-corrected chi connectivity index (χ4v) is 10.4. The monoisotopic (exact) mass is 1090 g/mol. The van der Waals surface area contributed by atoms with E-state index in [1.54, 1.807) is 0 Å². The Morgan fingerprint density at radius 1 is 0.421 bits per heavy atom. The van der Waals surface area contributed by atoms with Gasteiger partial charge in [-0.3, -0.25) is 15.0 Å². The lowest BCUT2D eigenvalue weighted by atomic mass is 10.1. The van der Waals surface area contributed by atoms with Crippen LogP contribution < -0.4 is 15.5 Å². The van der Waals surface area contributed by atoms with Crippen molar-refractivity contribution in [2.75, 3.05) is 82.0 Å². The molecule has 0 spiro atoms. The number of likely N-dealkylation sites (N-methyl/N-ethyl adjacent to an activating group) is 2. The molecule has 14 heteroatoms. The van der Waals surface area contributed by atoms with Crippen molar-refractivity contribution >= 4 is 33.1 Å². The van der Waals surface area contributed by atoms with Crippen molar-refractivity contribution in [1.82, 2.24) is 48.8 Å². The van der Waals surface area contributed by atoms with Crippen molar-refractivity contribution in [1.29, 1.82) is 0 Å². The number of aryl methyl sites for hydroxylation is 13. The van der Waals surface area contributed by atoms with Crippen LogP contribution in [-0.4, -0.2) is 115 Å². The first kappa shape index (κ1) is 57.0. The van der Waals surface area contributed by atoms with Crippen molar-refractivity contribution in [3.05, 3.63) is 194 Å². The van der Waals surface area contributed by atoms with Crippen LogP contribution in [0.3, 0.4) is 0 Å². The van der Waals surface area contributed by atoms with Gasteiger partial charge in [-0.1, -0.05) is 7.43 Å². The van der Waals surface area contributed by atoms with E-state index in [0.717, 1.165) is 130 Å². The molecule has 2 N–H and O–H groups in total. The van der Waals surface area contributed by atoms with Crippen LogP contribution >= 0.6 is 15.9 Å². The second-order valence-electron chi connectivity index (χ2n) is 20.6. The third-order valence-electron chi connectivity index (χ3n) is 14.1. The van der Waals surface area contributed by atoms with Gasteiger partial charge >= 0.3 is 0 Å². The largest absolute Gasteiger partial charge is 0.384 e. The van der Waals surface area contributed by atoms with Gasteiger partial charge in [0.2, 0.25) is 0 Å². The predicted molar refractivity (Wildman–Crippen MR) is 318 cm³/mol. The zero-order chi connectivity index (χ0) is 53.0. The molecule has 0 amide bonds. The lowest BCUT2D eigenvalue weighted by molar-refractivity contribution is 0.313. The first-order chi connectivity index (χ1) is 36.1. The smallest absolute Gasteiger partial charge is 0.137 e. The van der Waals surface area contributed by atoms with Gasteiger partial charge in [-0.15, -0.1) is 0 Å². The van der Waals surface area contributed by atoms with Crippen LogP contribution in [0.2, 0.25) is 0 Å². The third kappa shape index (κ3) is 15.9. The Kier molecular flexibility index (Phi) is 20.1. The van der Waals surface area contributed by atoms with E-state index in [2.05, 4.69) is 200 Å². The molecule has 400 valence electrons. The molecule has 10 heterocycles. The lowest BCUT2D eigenvalue weighted by Crippen LogP contribution is -2.44. The molecule has 10 rings (SSSR count). The molecule has 8 aromatic heterocycles. The molecule has 0 aromatic carbocycles. The van der Waals surface area contributed by atoms with Gasteiger partial charge in [-0.05, 0) is 229 Å². The van der Waals surface area contributed by atoms with Crippen LogP contribution in [-0.2, 0) is 38.5 Å². The molecule has 0 aliphatic carbocycles. The van der Waals surface area contributed by atoms with Crippen molar-refractivity contribution in [2.45, 2.75) is 94.4 Å². The quantitative estimate of drug-likeness (QED) is 0.119. The van der Waals surface area contributed by atoms with Gasteiger partial charge in [-0.2, -0.15) is 0 Å². The Labute approximate surface area is 461 Å². The van der Waals surface area contributed by atoms with Crippen LogP contribution in [0.1, 0.15) is 80.7 Å². The van der Waals surface area contributed by atoms with E-state index < -0.39 is 0 Å². The van der Waals surface area contributed by atoms with Crippen molar-refractivity contribution in [2.24, 2.45) is 0 Å². The maximum absolute atomic E-state index is 5.83. The first-order valence-electron chi connectivity index (χ1n) is 26.5. The standard InChI is InChI=1S/C24H31N5.C19H20BrN3.C18H25N5.CH4/c1-18-13-22(26-24(14-18)29-19(2)5-6-20(29)3)8-7-21-15-23(17-25-16-21)28-11-9-27(4)10-12-28;1-13-8-18(7-6-16-10-17(20)12-21-11-16)22-19(9-13)23-14(2)4-5-15(23)3;1-14-9-16(21-18(19)10-14)4-3-15-11-17(13-20-12-15)23-7-5-22(2)6-8-23;/h5-6,13-17H,7-12H2,1-4H3;4-5,8-12H,6-7H2,1-3H3;9-13H,3-8H2,1-2H3,(H2,19,21);1H4. The van der Waals surface area contributed by atoms with Gasteiger partial charge in [0.05, 0.1) is 23.8 Å². The second kappa shape index (κ2) is 26.8. The molecule has 0 saturated carbocycles. The maximum atomic E-state index is 5.83. The first-order valence-corrected chi connectivity index (χ1v) is 27.2. The van der Waals surface area contributed by atoms with Gasteiger partial charge in [-0.25, -0.2) is 15.0 Å². The van der Waals surface area contributed by atoms with E-state index in [1.807, 2.05) is 43.2 Å². The van der Waals surface area contributed by atoms with Gasteiger partial charge in [0.1, 0.15) is 17.5 Å². The minimum absolute atomic E-state index is 0. The molecule has 8 aromatic rings. The van der Waals surface area contributed by atoms with E-state index in [4.69, 9.17) is 15.7 Å². The molecule has 2 fully saturated rings. The number of halogens is 1. The summed E-state index contributed by atoms with van der Waals surface area (Å²) >= 11 is 3.47. The Morgan fingerprint density at radius 3 is 1.16 bits per heavy atom. The number of piperazine rings is 2. The van der Waals surface area contributed by atoms with Gasteiger partial charge in [0.15, 0.2) is 0 Å². The Hall–Kier alpha value is -6.74. The summed E-state index contributed by atoms with van der Waals surface area (Å²) in [6.07, 6.45) is 17.2. The number of pyridine rings is 6. The van der Waals surface area contributed by atoms with Gasteiger partial charge in [0, 0.05) is 121 Å². The molecule has 0 atom stereocenters. The molecule has 2 aliphatic heterocycles. The van der Waals surface area contributed by atoms with Crippen molar-refractivity contribution in [3.8, 4) is 11.6 Å². The average molecular weight is 1090 g/mol. The van der Waals surface area contributed by atoms with E-state index in [1.165, 1.54) is 62.0 Å². The number of anilines is 3. The zero-order valence-corrected chi connectivity index (χ0v) is 47.3. The van der Waals surface area contributed by atoms with E-state index in [0.29, 0.717) is 5.82 Å². The minimum atomic E-state index is 0. The van der Waals surface area contributed by atoms with E-state index >= 15 is 0 Å². The third-order valence-corrected chi connectivity index (χ3v) is 14.6. The van der Waals surface area contributed by atoms with Crippen LogP contribution in [0, 0.1) is 48.5 Å². The summed E-state index contributed by atoms with van der Waals surface area (Å²) in [5.41, 5.74) is 23.9. The highest BCUT2D eigenvalue weighted by Gasteiger charge is 2.17. The zero-order valence-electron chi connectivity index (χ0n) is 45.7. The molecule has 0 radical (unpaired) electrons. The van der Waals surface area contributed by atoms with Crippen molar-refractivity contribution < 1.29 is 0 Å². The van der Waals surface area contributed by atoms with E-state index in [-0.39, 0.29) is 7.43 Å². The van der Waals surface area contributed by atoms with Crippen LogP contribution in [0.25, 0.3) is 11.6 Å². The van der Waals surface area contributed by atoms with Crippen molar-refractivity contribution in [3.63, 3.8) is 0 Å². The number of nitrogens with two attached hydrogens (primary N) is 1. The number of hydrogen-bond donors (Lipinski definition) is 1. The second-order valence-corrected chi connectivity index (χ2v) is 21.6. The van der Waals surface area contributed by atoms with Crippen LogP contribution in [0.5, 0.6) is 0 Å². The normalized spacial score (nSPS) is 13.9. The Bertz CT molecular complexity index is 3080. The number of nitrogen functional groups attached to an aromatic ring is 1. The Morgan fingerprint density at radius 2 is 0.776 bits per heavy atom. The summed E-state index contributed by atoms with van der Waals surface area (Å²) < 4.78 is 5.45. The summed E-state index contributed by atoms with van der Waals surface area (Å²) in [7, 11) is 4.36. The average Bonchev–Trinajstić information content (AvgIpc) is 3.92. The number of aromatic nitrogens is 8. The highest BCUT2D eigenvalue weighted by molar-refractivity contribution is 9.10. The number of hydrogen-bond acceptors (Lipinski definition) is 11. The van der Waals surface area contributed by atoms with Crippen LogP contribution in [0.4, 0.5) is 17.2 Å². The molecule has 0 unspecified atom stereocenters. The molecular formula is C62H80BrN13. The molecule has 0 bridgehead atoms. The fraction of sp³-hybridized carbons (Fsp3) is 0.387. The molecule has 13 nitrogen and oxygen atoms in total. The van der Waals surface area contributed by atoms with E-state index in [9.17, 15) is 0 Å². The van der Waals surface area contributed by atoms with Gasteiger partial charge in [0.25, 0.3) is 0 Å². The highest BCUT2D eigenvalue weighted by Crippen LogP contribution is 2.23.